The van der Waals surface area contributed by atoms with Crippen molar-refractivity contribution in [1.29, 1.82) is 0 Å². The molecule has 130 valence electrons. The molecule has 2 heterocycles. The molecule has 0 saturated carbocycles. The molecular weight excluding hydrogens is 338 g/mol. The average Bonchev–Trinajstić information content (AvgIpc) is 2.98. The smallest absolute Gasteiger partial charge is 0.349 e. The molecule has 0 spiro atoms. The molecule has 0 aliphatic rings. The number of aliphatic hydroxyl groups excluding tert-OH is 1. The number of ether oxygens (including phenoxy) is 1. The summed E-state index contributed by atoms with van der Waals surface area (Å²) in [4.78, 5) is 24.2. The van der Waals surface area contributed by atoms with Crippen LogP contribution in [0.25, 0.3) is 10.2 Å². The van der Waals surface area contributed by atoms with Crippen LogP contribution in [0, 0.1) is 6.92 Å². The second kappa shape index (κ2) is 7.58. The van der Waals surface area contributed by atoms with E-state index in [0.717, 1.165) is 21.3 Å². The van der Waals surface area contributed by atoms with Gasteiger partial charge in [0.1, 0.15) is 28.5 Å². The zero-order chi connectivity index (χ0) is 17.8. The highest BCUT2D eigenvalue weighted by Crippen LogP contribution is 2.34. The van der Waals surface area contributed by atoms with Crippen LogP contribution in [0.3, 0.4) is 0 Å². The largest absolute Gasteiger partial charge is 0.457 e. The van der Waals surface area contributed by atoms with E-state index in [-0.39, 0.29) is 19.2 Å². The highest BCUT2D eigenvalue weighted by atomic mass is 32.1. The Labute approximate surface area is 149 Å². The van der Waals surface area contributed by atoms with Gasteiger partial charge < -0.3 is 14.7 Å². The van der Waals surface area contributed by atoms with Crippen LogP contribution >= 0.6 is 11.3 Å². The number of rotatable bonds is 6. The summed E-state index contributed by atoms with van der Waals surface area (Å²) in [5.74, 6) is 0.343. The molecular formula is C18H19N3O3S. The number of anilines is 1. The minimum Gasteiger partial charge on any atom is -0.457 e. The van der Waals surface area contributed by atoms with E-state index in [1.165, 1.54) is 17.7 Å². The fourth-order valence-corrected chi connectivity index (χ4v) is 3.62. The number of hydrogen-bond acceptors (Lipinski definition) is 7. The third-order valence-electron chi connectivity index (χ3n) is 3.90. The first kappa shape index (κ1) is 17.3. The number of benzene rings is 1. The first-order chi connectivity index (χ1) is 12.1. The SMILES string of the molecule is Cc1c(C(=O)OCc2ccccc2)sc2ncnc(N(C)CCO)c12. The first-order valence-electron chi connectivity index (χ1n) is 7.89. The predicted molar refractivity (Wildman–Crippen MR) is 98.1 cm³/mol. The molecule has 3 aromatic rings. The fraction of sp³-hybridized carbons (Fsp3) is 0.278. The molecule has 0 amide bonds. The number of aliphatic hydroxyl groups is 1. The molecule has 0 aliphatic heterocycles. The molecule has 0 atom stereocenters. The van der Waals surface area contributed by atoms with Gasteiger partial charge >= 0.3 is 5.97 Å². The minimum absolute atomic E-state index is 0.0250. The van der Waals surface area contributed by atoms with Crippen LogP contribution in [0.5, 0.6) is 0 Å². The number of likely N-dealkylation sites (N-methyl/N-ethyl adjacent to an activating group) is 1. The maximum absolute atomic E-state index is 12.5. The highest BCUT2D eigenvalue weighted by Gasteiger charge is 2.21. The second-order valence-electron chi connectivity index (χ2n) is 5.64. The third-order valence-corrected chi connectivity index (χ3v) is 5.08. The summed E-state index contributed by atoms with van der Waals surface area (Å²) in [6.07, 6.45) is 1.47. The molecule has 2 aromatic heterocycles. The number of fused-ring (bicyclic) bond motifs is 1. The Morgan fingerprint density at radius 1 is 1.28 bits per heavy atom. The van der Waals surface area contributed by atoms with Crippen LogP contribution in [-0.2, 0) is 11.3 Å². The van der Waals surface area contributed by atoms with E-state index in [1.807, 2.05) is 49.2 Å². The van der Waals surface area contributed by atoms with Crippen molar-refractivity contribution in [3.05, 3.63) is 52.7 Å². The number of aromatic nitrogens is 2. The summed E-state index contributed by atoms with van der Waals surface area (Å²) in [6, 6.07) is 9.57. The molecule has 1 aromatic carbocycles. The molecule has 0 radical (unpaired) electrons. The predicted octanol–water partition coefficient (Wildman–Crippen LogP) is 2.79. The lowest BCUT2D eigenvalue weighted by molar-refractivity contribution is 0.0478. The van der Waals surface area contributed by atoms with Gasteiger partial charge in [-0.05, 0) is 18.1 Å². The Morgan fingerprint density at radius 3 is 2.76 bits per heavy atom. The van der Waals surface area contributed by atoms with Crippen molar-refractivity contribution in [2.75, 3.05) is 25.1 Å². The number of nitrogens with zero attached hydrogens (tertiary/aromatic N) is 3. The van der Waals surface area contributed by atoms with E-state index in [9.17, 15) is 4.79 Å². The van der Waals surface area contributed by atoms with Gasteiger partial charge in [0.15, 0.2) is 0 Å². The Bertz CT molecular complexity index is 880. The van der Waals surface area contributed by atoms with Gasteiger partial charge in [-0.25, -0.2) is 14.8 Å². The van der Waals surface area contributed by atoms with Crippen molar-refractivity contribution in [2.24, 2.45) is 0 Å². The maximum Gasteiger partial charge on any atom is 0.349 e. The first-order valence-corrected chi connectivity index (χ1v) is 8.70. The Hall–Kier alpha value is -2.51. The Morgan fingerprint density at radius 2 is 2.04 bits per heavy atom. The number of aryl methyl sites for hydroxylation is 1. The van der Waals surface area contributed by atoms with Crippen molar-refractivity contribution in [1.82, 2.24) is 9.97 Å². The standard InChI is InChI=1S/C18H19N3O3S/c1-12-14-16(21(2)8-9-22)19-11-20-17(14)25-15(12)18(23)24-10-13-6-4-3-5-7-13/h3-7,11,22H,8-10H2,1-2H3. The summed E-state index contributed by atoms with van der Waals surface area (Å²) < 4.78 is 5.44. The molecule has 7 heteroatoms. The van der Waals surface area contributed by atoms with Crippen LogP contribution in [0.2, 0.25) is 0 Å². The highest BCUT2D eigenvalue weighted by molar-refractivity contribution is 7.20. The molecule has 0 aliphatic carbocycles. The quantitative estimate of drug-likeness (QED) is 0.684. The lowest BCUT2D eigenvalue weighted by Gasteiger charge is -2.17. The Balaban J connectivity index is 1.88. The number of hydrogen-bond donors (Lipinski definition) is 1. The van der Waals surface area contributed by atoms with Crippen LogP contribution in [0.15, 0.2) is 36.7 Å². The molecule has 0 bridgehead atoms. The van der Waals surface area contributed by atoms with E-state index >= 15 is 0 Å². The average molecular weight is 357 g/mol. The van der Waals surface area contributed by atoms with E-state index < -0.39 is 0 Å². The zero-order valence-electron chi connectivity index (χ0n) is 14.1. The van der Waals surface area contributed by atoms with E-state index in [4.69, 9.17) is 9.84 Å². The van der Waals surface area contributed by atoms with Crippen LogP contribution in [-0.4, -0.2) is 41.2 Å². The molecule has 0 fully saturated rings. The Kier molecular flexibility index (Phi) is 5.25. The van der Waals surface area contributed by atoms with Crippen molar-refractivity contribution in [2.45, 2.75) is 13.5 Å². The van der Waals surface area contributed by atoms with Crippen LogP contribution in [0.4, 0.5) is 5.82 Å². The van der Waals surface area contributed by atoms with Crippen molar-refractivity contribution in [3.8, 4) is 0 Å². The van der Waals surface area contributed by atoms with Gasteiger partial charge in [0, 0.05) is 13.6 Å². The second-order valence-corrected chi connectivity index (χ2v) is 6.64. The molecule has 3 rings (SSSR count). The summed E-state index contributed by atoms with van der Waals surface area (Å²) in [5.41, 5.74) is 1.75. The van der Waals surface area contributed by atoms with Gasteiger partial charge in [0.2, 0.25) is 0 Å². The lowest BCUT2D eigenvalue weighted by Crippen LogP contribution is -2.22. The van der Waals surface area contributed by atoms with Gasteiger partial charge in [0.25, 0.3) is 0 Å². The summed E-state index contributed by atoms with van der Waals surface area (Å²) >= 11 is 1.30. The molecule has 25 heavy (non-hydrogen) atoms. The minimum atomic E-state index is -0.361. The van der Waals surface area contributed by atoms with Crippen molar-refractivity contribution in [3.63, 3.8) is 0 Å². The molecule has 0 saturated heterocycles. The molecule has 6 nitrogen and oxygen atoms in total. The van der Waals surface area contributed by atoms with Crippen LogP contribution < -0.4 is 4.90 Å². The number of thiophene rings is 1. The zero-order valence-corrected chi connectivity index (χ0v) is 14.9. The van der Waals surface area contributed by atoms with E-state index in [1.54, 1.807) is 0 Å². The fourth-order valence-electron chi connectivity index (χ4n) is 2.58. The van der Waals surface area contributed by atoms with E-state index in [0.29, 0.717) is 17.2 Å². The summed E-state index contributed by atoms with van der Waals surface area (Å²) in [6.45, 7) is 2.58. The van der Waals surface area contributed by atoms with Gasteiger partial charge in [-0.3, -0.25) is 0 Å². The normalized spacial score (nSPS) is 10.8. The van der Waals surface area contributed by atoms with Gasteiger partial charge in [-0.15, -0.1) is 11.3 Å². The third kappa shape index (κ3) is 3.62. The van der Waals surface area contributed by atoms with Crippen molar-refractivity contribution < 1.29 is 14.6 Å². The monoisotopic (exact) mass is 357 g/mol. The lowest BCUT2D eigenvalue weighted by atomic mass is 10.2. The number of carbonyl (C=O) groups excluding carboxylic acids is 1. The maximum atomic E-state index is 12.5. The van der Waals surface area contributed by atoms with Crippen molar-refractivity contribution >= 4 is 33.3 Å². The topological polar surface area (TPSA) is 75.5 Å². The summed E-state index contributed by atoms with van der Waals surface area (Å²) in [7, 11) is 1.85. The van der Waals surface area contributed by atoms with Crippen LogP contribution in [0.1, 0.15) is 20.8 Å². The summed E-state index contributed by atoms with van der Waals surface area (Å²) in [5, 5.41) is 9.98. The van der Waals surface area contributed by atoms with E-state index in [2.05, 4.69) is 9.97 Å². The molecule has 0 unspecified atom stereocenters. The van der Waals surface area contributed by atoms with Gasteiger partial charge in [-0.1, -0.05) is 30.3 Å². The number of esters is 1. The van der Waals surface area contributed by atoms with Gasteiger partial charge in [0.05, 0.1) is 12.0 Å². The molecule has 1 N–H and O–H groups in total. The van der Waals surface area contributed by atoms with Gasteiger partial charge in [-0.2, -0.15) is 0 Å². The number of carbonyl (C=O) groups is 1.